The second-order valence-electron chi connectivity index (χ2n) is 8.59. The minimum absolute atomic E-state index is 0.0711. The van der Waals surface area contributed by atoms with Crippen molar-refractivity contribution >= 4 is 34.7 Å². The molecular weight excluding hydrogens is 446 g/mol. The maximum Gasteiger partial charge on any atom is 0.329 e. The number of aryl methyl sites for hydroxylation is 2. The van der Waals surface area contributed by atoms with Crippen molar-refractivity contribution in [1.82, 2.24) is 19.9 Å². The largest absolute Gasteiger partial charge is 0.366 e. The fourth-order valence-corrected chi connectivity index (χ4v) is 5.43. The standard InChI is InChI=1S/C25H23N7OS/c1-15-11-17(5-8-26-15)20-3-4-21-24(29-20)32(19-7-10-31(21)14-19)25(33)30-23-12-18(6-9-27-23)22-13-28-16(2)34-22/h3-6,8-9,11-13,19H,7,10,14H2,1-2H3,(H,27,30,33)/t19-/m0/s1. The normalized spacial score (nSPS) is 16.5. The summed E-state index contributed by atoms with van der Waals surface area (Å²) in [5, 5.41) is 4.01. The monoisotopic (exact) mass is 469 g/mol. The number of pyridine rings is 3. The fourth-order valence-electron chi connectivity index (χ4n) is 4.65. The minimum Gasteiger partial charge on any atom is -0.366 e. The van der Waals surface area contributed by atoms with Crippen molar-refractivity contribution < 1.29 is 4.79 Å². The molecule has 2 amide bonds. The summed E-state index contributed by atoms with van der Waals surface area (Å²) in [4.78, 5) is 36.7. The number of hydrogen-bond donors (Lipinski definition) is 1. The van der Waals surface area contributed by atoms with Crippen LogP contribution in [0, 0.1) is 13.8 Å². The fraction of sp³-hybridized carbons (Fsp3) is 0.240. The van der Waals surface area contributed by atoms with Crippen molar-refractivity contribution in [2.24, 2.45) is 0 Å². The van der Waals surface area contributed by atoms with Gasteiger partial charge in [0.1, 0.15) is 5.82 Å². The van der Waals surface area contributed by atoms with Crippen LogP contribution in [0.5, 0.6) is 0 Å². The highest BCUT2D eigenvalue weighted by Crippen LogP contribution is 2.40. The number of carbonyl (C=O) groups is 1. The van der Waals surface area contributed by atoms with Gasteiger partial charge in [0.05, 0.1) is 27.3 Å². The van der Waals surface area contributed by atoms with Gasteiger partial charge in [-0.3, -0.25) is 15.2 Å². The summed E-state index contributed by atoms with van der Waals surface area (Å²) in [5.41, 5.74) is 4.70. The van der Waals surface area contributed by atoms with E-state index in [0.717, 1.165) is 57.6 Å². The highest BCUT2D eigenvalue weighted by molar-refractivity contribution is 7.15. The van der Waals surface area contributed by atoms with E-state index >= 15 is 0 Å². The smallest absolute Gasteiger partial charge is 0.329 e. The zero-order valence-electron chi connectivity index (χ0n) is 18.9. The molecule has 6 heterocycles. The molecule has 9 heteroatoms. The molecule has 0 aromatic carbocycles. The first-order chi connectivity index (χ1) is 16.5. The van der Waals surface area contributed by atoms with Gasteiger partial charge in [-0.05, 0) is 62.2 Å². The van der Waals surface area contributed by atoms with E-state index in [4.69, 9.17) is 4.98 Å². The average Bonchev–Trinajstić information content (AvgIpc) is 3.46. The number of nitrogens with one attached hydrogen (secondary N) is 1. The number of urea groups is 1. The lowest BCUT2D eigenvalue weighted by atomic mass is 10.1. The Bertz CT molecular complexity index is 1400. The van der Waals surface area contributed by atoms with Crippen molar-refractivity contribution in [1.29, 1.82) is 0 Å². The molecule has 6 rings (SSSR count). The van der Waals surface area contributed by atoms with E-state index in [1.807, 2.05) is 55.3 Å². The first-order valence-electron chi connectivity index (χ1n) is 11.2. The topological polar surface area (TPSA) is 87.1 Å². The molecule has 0 saturated carbocycles. The van der Waals surface area contributed by atoms with E-state index in [9.17, 15) is 4.79 Å². The second kappa shape index (κ2) is 8.18. The lowest BCUT2D eigenvalue weighted by Crippen LogP contribution is -2.48. The Morgan fingerprint density at radius 3 is 2.74 bits per heavy atom. The molecule has 2 aliphatic heterocycles. The van der Waals surface area contributed by atoms with Crippen LogP contribution in [0.15, 0.2) is 55.0 Å². The number of aromatic nitrogens is 4. The molecule has 4 aromatic rings. The molecule has 2 bridgehead atoms. The molecule has 0 unspecified atom stereocenters. The lowest BCUT2D eigenvalue weighted by molar-refractivity contribution is 0.254. The molecule has 0 aliphatic carbocycles. The van der Waals surface area contributed by atoms with Gasteiger partial charge in [0, 0.05) is 42.9 Å². The third-order valence-corrected chi connectivity index (χ3v) is 7.23. The number of amides is 2. The predicted octanol–water partition coefficient (Wildman–Crippen LogP) is 4.91. The summed E-state index contributed by atoms with van der Waals surface area (Å²) < 4.78 is 0. The van der Waals surface area contributed by atoms with E-state index < -0.39 is 0 Å². The van der Waals surface area contributed by atoms with E-state index in [-0.39, 0.29) is 12.1 Å². The van der Waals surface area contributed by atoms with E-state index in [2.05, 4.69) is 31.2 Å². The number of hydrogen-bond acceptors (Lipinski definition) is 7. The summed E-state index contributed by atoms with van der Waals surface area (Å²) in [6.07, 6.45) is 6.25. The van der Waals surface area contributed by atoms with Gasteiger partial charge >= 0.3 is 6.03 Å². The summed E-state index contributed by atoms with van der Waals surface area (Å²) in [6, 6.07) is 11.7. The van der Waals surface area contributed by atoms with Crippen molar-refractivity contribution in [2.45, 2.75) is 26.3 Å². The van der Waals surface area contributed by atoms with Gasteiger partial charge in [-0.2, -0.15) is 0 Å². The van der Waals surface area contributed by atoms with Crippen LogP contribution in [0.3, 0.4) is 0 Å². The molecule has 34 heavy (non-hydrogen) atoms. The molecule has 2 aliphatic rings. The molecule has 4 aromatic heterocycles. The second-order valence-corrected chi connectivity index (χ2v) is 9.82. The SMILES string of the molecule is Cc1cc(-c2ccc3c(n2)N(C(=O)Nc2cc(-c4cnc(C)s4)ccn2)[C@H]2CCN3C2)ccn1. The van der Waals surface area contributed by atoms with E-state index in [0.29, 0.717) is 11.6 Å². The van der Waals surface area contributed by atoms with Crippen LogP contribution in [0.1, 0.15) is 17.1 Å². The highest BCUT2D eigenvalue weighted by Gasteiger charge is 2.40. The number of thiazole rings is 1. The Labute approximate surface area is 201 Å². The van der Waals surface area contributed by atoms with Gasteiger partial charge in [-0.15, -0.1) is 11.3 Å². The molecular formula is C25H23N7OS. The first-order valence-corrected chi connectivity index (χ1v) is 12.0. The minimum atomic E-state index is -0.214. The van der Waals surface area contributed by atoms with Crippen LogP contribution in [-0.2, 0) is 0 Å². The van der Waals surface area contributed by atoms with Crippen LogP contribution in [0.4, 0.5) is 22.1 Å². The van der Waals surface area contributed by atoms with Gasteiger partial charge in [-0.1, -0.05) is 0 Å². The van der Waals surface area contributed by atoms with Crippen LogP contribution in [-0.4, -0.2) is 45.1 Å². The molecule has 0 radical (unpaired) electrons. The van der Waals surface area contributed by atoms with Crippen molar-refractivity contribution in [3.05, 3.63) is 65.7 Å². The highest BCUT2D eigenvalue weighted by atomic mass is 32.1. The van der Waals surface area contributed by atoms with Gasteiger partial charge in [0.2, 0.25) is 0 Å². The molecule has 0 spiro atoms. The molecule has 170 valence electrons. The Hall–Kier alpha value is -3.85. The van der Waals surface area contributed by atoms with Gasteiger partial charge in [0.25, 0.3) is 0 Å². The molecule has 1 fully saturated rings. The van der Waals surface area contributed by atoms with Crippen molar-refractivity contribution in [2.75, 3.05) is 28.2 Å². The number of anilines is 3. The van der Waals surface area contributed by atoms with E-state index in [1.54, 1.807) is 23.7 Å². The van der Waals surface area contributed by atoms with Crippen molar-refractivity contribution in [3.63, 3.8) is 0 Å². The van der Waals surface area contributed by atoms with Crippen LogP contribution < -0.4 is 15.1 Å². The number of carbonyl (C=O) groups excluding carboxylic acids is 1. The summed E-state index contributed by atoms with van der Waals surface area (Å²) in [7, 11) is 0. The van der Waals surface area contributed by atoms with Crippen LogP contribution >= 0.6 is 11.3 Å². The summed E-state index contributed by atoms with van der Waals surface area (Å²) >= 11 is 1.62. The Balaban J connectivity index is 1.33. The Morgan fingerprint density at radius 1 is 1.06 bits per heavy atom. The third-order valence-electron chi connectivity index (χ3n) is 6.26. The molecule has 1 atom stereocenters. The maximum atomic E-state index is 13.6. The van der Waals surface area contributed by atoms with Crippen LogP contribution in [0.25, 0.3) is 21.7 Å². The quantitative estimate of drug-likeness (QED) is 0.459. The zero-order chi connectivity index (χ0) is 23.2. The van der Waals surface area contributed by atoms with E-state index in [1.165, 1.54) is 0 Å². The summed E-state index contributed by atoms with van der Waals surface area (Å²) in [6.45, 7) is 5.66. The first kappa shape index (κ1) is 20.7. The molecule has 1 N–H and O–H groups in total. The lowest BCUT2D eigenvalue weighted by Gasteiger charge is -2.35. The van der Waals surface area contributed by atoms with Gasteiger partial charge in [-0.25, -0.2) is 19.7 Å². The van der Waals surface area contributed by atoms with Crippen LogP contribution in [0.2, 0.25) is 0 Å². The Kier molecular flexibility index (Phi) is 4.99. The Morgan fingerprint density at radius 2 is 1.91 bits per heavy atom. The number of fused-ring (bicyclic) bond motifs is 4. The number of rotatable bonds is 3. The predicted molar refractivity (Wildman–Crippen MR) is 134 cm³/mol. The molecule has 1 saturated heterocycles. The van der Waals surface area contributed by atoms with Gasteiger partial charge < -0.3 is 4.90 Å². The summed E-state index contributed by atoms with van der Waals surface area (Å²) in [5.74, 6) is 1.20. The average molecular weight is 470 g/mol. The van der Waals surface area contributed by atoms with Crippen molar-refractivity contribution in [3.8, 4) is 21.7 Å². The molecule has 8 nitrogen and oxygen atoms in total. The third kappa shape index (κ3) is 3.67. The van der Waals surface area contributed by atoms with Gasteiger partial charge in [0.15, 0.2) is 5.82 Å². The zero-order valence-corrected chi connectivity index (χ0v) is 19.7. The number of nitrogens with zero attached hydrogens (tertiary/aromatic N) is 6. The maximum absolute atomic E-state index is 13.6.